The van der Waals surface area contributed by atoms with Crippen LogP contribution in [-0.4, -0.2) is 21.6 Å². The number of rotatable bonds is 4. The van der Waals surface area contributed by atoms with Crippen molar-refractivity contribution >= 4 is 21.6 Å². The first-order valence-corrected chi connectivity index (χ1v) is 7.25. The summed E-state index contributed by atoms with van der Waals surface area (Å²) in [5.74, 6) is 0.467. The molecule has 1 aromatic carbocycles. The number of ether oxygens (including phenoxy) is 1. The molecule has 2 rings (SSSR count). The number of methoxy groups -OCH3 is 1. The molecule has 0 unspecified atom stereocenters. The van der Waals surface area contributed by atoms with Crippen molar-refractivity contribution in [3.63, 3.8) is 0 Å². The molecule has 0 saturated heterocycles. The Bertz CT molecular complexity index is 511. The van der Waals surface area contributed by atoms with E-state index in [1.165, 1.54) is 19.2 Å². The zero-order valence-corrected chi connectivity index (χ0v) is 11.0. The van der Waals surface area contributed by atoms with Crippen molar-refractivity contribution < 1.29 is 13.2 Å². The van der Waals surface area contributed by atoms with Crippen molar-refractivity contribution in [1.29, 1.82) is 0 Å². The van der Waals surface area contributed by atoms with Crippen LogP contribution in [0.5, 0.6) is 5.75 Å². The standard InChI is InChI=1S/C11H14ClNO3S/c1-16-11-6-5-9(7-10(11)12)17(14,15)13-8-3-2-4-8/h5-8,13H,2-4H2,1H3. The third-order valence-corrected chi connectivity index (χ3v) is 4.67. The summed E-state index contributed by atoms with van der Waals surface area (Å²) in [6, 6.07) is 4.52. The number of hydrogen-bond acceptors (Lipinski definition) is 3. The summed E-state index contributed by atoms with van der Waals surface area (Å²) in [4.78, 5) is 0.176. The van der Waals surface area contributed by atoms with Crippen LogP contribution in [0.1, 0.15) is 19.3 Å². The van der Waals surface area contributed by atoms with Gasteiger partial charge in [0, 0.05) is 6.04 Å². The van der Waals surface area contributed by atoms with Crippen molar-refractivity contribution in [2.75, 3.05) is 7.11 Å². The van der Waals surface area contributed by atoms with Gasteiger partial charge in [0.05, 0.1) is 17.0 Å². The van der Waals surface area contributed by atoms with Gasteiger partial charge >= 0.3 is 0 Å². The predicted molar refractivity (Wildman–Crippen MR) is 66.0 cm³/mol. The molecule has 0 heterocycles. The van der Waals surface area contributed by atoms with E-state index in [0.717, 1.165) is 19.3 Å². The van der Waals surface area contributed by atoms with Crippen molar-refractivity contribution in [1.82, 2.24) is 4.72 Å². The molecule has 4 nitrogen and oxygen atoms in total. The summed E-state index contributed by atoms with van der Waals surface area (Å²) < 4.78 is 31.6. The summed E-state index contributed by atoms with van der Waals surface area (Å²) >= 11 is 5.90. The third-order valence-electron chi connectivity index (χ3n) is 2.86. The van der Waals surface area contributed by atoms with E-state index in [9.17, 15) is 8.42 Å². The quantitative estimate of drug-likeness (QED) is 0.916. The van der Waals surface area contributed by atoms with Gasteiger partial charge in [0.15, 0.2) is 0 Å². The highest BCUT2D eigenvalue weighted by Crippen LogP contribution is 2.28. The number of hydrogen-bond donors (Lipinski definition) is 1. The van der Waals surface area contributed by atoms with Crippen LogP contribution in [0.4, 0.5) is 0 Å². The largest absolute Gasteiger partial charge is 0.495 e. The summed E-state index contributed by atoms with van der Waals surface area (Å²) in [7, 11) is -1.97. The number of benzene rings is 1. The average Bonchev–Trinajstić information content (AvgIpc) is 2.23. The van der Waals surface area contributed by atoms with E-state index in [0.29, 0.717) is 10.8 Å². The fourth-order valence-corrected chi connectivity index (χ4v) is 3.28. The lowest BCUT2D eigenvalue weighted by atomic mass is 9.94. The molecule has 94 valence electrons. The maximum atomic E-state index is 12.0. The summed E-state index contributed by atoms with van der Waals surface area (Å²) in [5.41, 5.74) is 0. The molecule has 1 aliphatic rings. The fourth-order valence-electron chi connectivity index (χ4n) is 1.63. The van der Waals surface area contributed by atoms with Crippen LogP contribution in [-0.2, 0) is 10.0 Å². The van der Waals surface area contributed by atoms with Gasteiger partial charge in [-0.15, -0.1) is 0 Å². The van der Waals surface area contributed by atoms with Crippen LogP contribution in [0, 0.1) is 0 Å². The summed E-state index contributed by atoms with van der Waals surface area (Å²) in [6.07, 6.45) is 2.89. The highest BCUT2D eigenvalue weighted by Gasteiger charge is 2.25. The highest BCUT2D eigenvalue weighted by molar-refractivity contribution is 7.89. The van der Waals surface area contributed by atoms with Crippen LogP contribution in [0.25, 0.3) is 0 Å². The summed E-state index contributed by atoms with van der Waals surface area (Å²) in [5, 5.41) is 0.295. The molecule has 0 radical (unpaired) electrons. The normalized spacial score (nSPS) is 16.6. The molecule has 1 saturated carbocycles. The molecule has 0 spiro atoms. The maximum absolute atomic E-state index is 12.0. The molecular weight excluding hydrogens is 262 g/mol. The van der Waals surface area contributed by atoms with Crippen LogP contribution in [0.2, 0.25) is 5.02 Å². The van der Waals surface area contributed by atoms with Crippen molar-refractivity contribution in [3.8, 4) is 5.75 Å². The second-order valence-electron chi connectivity index (χ2n) is 4.05. The third kappa shape index (κ3) is 2.73. The zero-order chi connectivity index (χ0) is 12.5. The molecule has 6 heteroatoms. The first kappa shape index (κ1) is 12.7. The Kier molecular flexibility index (Phi) is 3.61. The van der Waals surface area contributed by atoms with Crippen LogP contribution in [0.3, 0.4) is 0 Å². The first-order chi connectivity index (χ1) is 8.03. The van der Waals surface area contributed by atoms with Crippen molar-refractivity contribution in [3.05, 3.63) is 23.2 Å². The monoisotopic (exact) mass is 275 g/mol. The van der Waals surface area contributed by atoms with Gasteiger partial charge in [0.2, 0.25) is 10.0 Å². The predicted octanol–water partition coefficient (Wildman–Crippen LogP) is 2.18. The molecule has 17 heavy (non-hydrogen) atoms. The minimum atomic E-state index is -3.46. The Morgan fingerprint density at radius 1 is 1.41 bits per heavy atom. The molecule has 0 aromatic heterocycles. The van der Waals surface area contributed by atoms with E-state index in [1.54, 1.807) is 6.07 Å². The van der Waals surface area contributed by atoms with E-state index < -0.39 is 10.0 Å². The van der Waals surface area contributed by atoms with Gasteiger partial charge in [-0.25, -0.2) is 13.1 Å². The zero-order valence-electron chi connectivity index (χ0n) is 9.44. The Labute approximate surface area is 106 Å². The number of nitrogens with one attached hydrogen (secondary N) is 1. The second kappa shape index (κ2) is 4.84. The van der Waals surface area contributed by atoms with Crippen molar-refractivity contribution in [2.24, 2.45) is 0 Å². The van der Waals surface area contributed by atoms with Gasteiger partial charge < -0.3 is 4.74 Å². The fraction of sp³-hybridized carbons (Fsp3) is 0.455. The number of halogens is 1. The first-order valence-electron chi connectivity index (χ1n) is 5.39. The van der Waals surface area contributed by atoms with Gasteiger partial charge in [-0.1, -0.05) is 18.0 Å². The van der Waals surface area contributed by atoms with Gasteiger partial charge in [-0.05, 0) is 31.0 Å². The van der Waals surface area contributed by atoms with Gasteiger partial charge in [-0.3, -0.25) is 0 Å². The molecule has 0 bridgehead atoms. The van der Waals surface area contributed by atoms with E-state index in [4.69, 9.17) is 16.3 Å². The lowest BCUT2D eigenvalue weighted by Crippen LogP contribution is -2.39. The Balaban J connectivity index is 2.23. The maximum Gasteiger partial charge on any atom is 0.240 e. The molecule has 0 amide bonds. The van der Waals surface area contributed by atoms with Crippen LogP contribution in [0.15, 0.2) is 23.1 Å². The molecule has 1 aromatic rings. The molecule has 1 N–H and O–H groups in total. The highest BCUT2D eigenvalue weighted by atomic mass is 35.5. The van der Waals surface area contributed by atoms with Gasteiger partial charge in [-0.2, -0.15) is 0 Å². The van der Waals surface area contributed by atoms with E-state index >= 15 is 0 Å². The Hall–Kier alpha value is -0.780. The van der Waals surface area contributed by atoms with Crippen molar-refractivity contribution in [2.45, 2.75) is 30.2 Å². The smallest absolute Gasteiger partial charge is 0.240 e. The average molecular weight is 276 g/mol. The minimum Gasteiger partial charge on any atom is -0.495 e. The second-order valence-corrected chi connectivity index (χ2v) is 6.17. The molecule has 1 aliphatic carbocycles. The van der Waals surface area contributed by atoms with Crippen LogP contribution < -0.4 is 9.46 Å². The van der Waals surface area contributed by atoms with E-state index in [2.05, 4.69) is 4.72 Å². The topological polar surface area (TPSA) is 55.4 Å². The Morgan fingerprint density at radius 2 is 2.12 bits per heavy atom. The minimum absolute atomic E-state index is 0.0703. The molecule has 1 fully saturated rings. The van der Waals surface area contributed by atoms with Gasteiger partial charge in [0.25, 0.3) is 0 Å². The van der Waals surface area contributed by atoms with E-state index in [1.807, 2.05) is 0 Å². The lowest BCUT2D eigenvalue weighted by Gasteiger charge is -2.26. The molecular formula is C11H14ClNO3S. The Morgan fingerprint density at radius 3 is 2.59 bits per heavy atom. The SMILES string of the molecule is COc1ccc(S(=O)(=O)NC2CCC2)cc1Cl. The van der Waals surface area contributed by atoms with Crippen LogP contribution >= 0.6 is 11.6 Å². The number of sulfonamides is 1. The molecule has 0 atom stereocenters. The lowest BCUT2D eigenvalue weighted by molar-refractivity contribution is 0.383. The van der Waals surface area contributed by atoms with E-state index in [-0.39, 0.29) is 10.9 Å². The van der Waals surface area contributed by atoms with Gasteiger partial charge in [0.1, 0.15) is 5.75 Å². The summed E-state index contributed by atoms with van der Waals surface area (Å²) in [6.45, 7) is 0. The molecule has 0 aliphatic heterocycles.